The number of hydrazone groups is 1. The molecule has 5 nitrogen and oxygen atoms in total. The number of benzene rings is 3. The molecule has 0 unspecified atom stereocenters. The van der Waals surface area contributed by atoms with E-state index in [9.17, 15) is 4.79 Å². The third kappa shape index (κ3) is 8.02. The normalized spacial score (nSPS) is 11.6. The molecule has 1 heterocycles. The first kappa shape index (κ1) is 27.1. The fourth-order valence-corrected chi connectivity index (χ4v) is 5.42. The van der Waals surface area contributed by atoms with Crippen molar-refractivity contribution in [1.29, 1.82) is 0 Å². The molecule has 190 valence electrons. The van der Waals surface area contributed by atoms with E-state index in [1.54, 1.807) is 6.21 Å². The number of nitrogens with zero attached hydrogens (tertiary/aromatic N) is 2. The molecule has 0 atom stereocenters. The minimum absolute atomic E-state index is 0.114. The molecule has 0 fully saturated rings. The maximum atomic E-state index is 12.3. The maximum Gasteiger partial charge on any atom is 0.250 e. The molecule has 1 N–H and O–H groups in total. The van der Waals surface area contributed by atoms with Crippen molar-refractivity contribution in [2.45, 2.75) is 37.1 Å². The minimum atomic E-state index is -0.200. The fourth-order valence-electron chi connectivity index (χ4n) is 3.41. The van der Waals surface area contributed by atoms with Gasteiger partial charge < -0.3 is 4.74 Å². The third-order valence-corrected chi connectivity index (χ3v) is 7.97. The number of carbonyl (C=O) groups excluding carboxylic acids is 1. The van der Waals surface area contributed by atoms with Crippen molar-refractivity contribution in [3.05, 3.63) is 99.3 Å². The molecule has 8 heteroatoms. The van der Waals surface area contributed by atoms with Gasteiger partial charge in [0.25, 0.3) is 5.91 Å². The highest BCUT2D eigenvalue weighted by Gasteiger charge is 2.13. The molecule has 0 saturated heterocycles. The predicted octanol–water partition coefficient (Wildman–Crippen LogP) is 7.69. The summed E-state index contributed by atoms with van der Waals surface area (Å²) in [4.78, 5) is 16.9. The van der Waals surface area contributed by atoms with Crippen LogP contribution in [0, 0.1) is 0 Å². The maximum absolute atomic E-state index is 12.3. The van der Waals surface area contributed by atoms with Crippen LogP contribution in [0.1, 0.15) is 37.5 Å². The van der Waals surface area contributed by atoms with Gasteiger partial charge in [-0.1, -0.05) is 103 Å². The number of halogens is 1. The van der Waals surface area contributed by atoms with Crippen LogP contribution in [0.25, 0.3) is 11.3 Å². The zero-order chi connectivity index (χ0) is 26.3. The number of nitrogens with one attached hydrogen (secondary N) is 1. The van der Waals surface area contributed by atoms with Gasteiger partial charge in [-0.25, -0.2) is 10.4 Å². The second-order valence-electron chi connectivity index (χ2n) is 9.36. The summed E-state index contributed by atoms with van der Waals surface area (Å²) in [7, 11) is 0. The summed E-state index contributed by atoms with van der Waals surface area (Å²) >= 11 is 6.42. The first-order valence-electron chi connectivity index (χ1n) is 11.8. The lowest BCUT2D eigenvalue weighted by molar-refractivity contribution is -0.118. The average Bonchev–Trinajstić information content (AvgIpc) is 3.36. The van der Waals surface area contributed by atoms with E-state index in [2.05, 4.69) is 76.5 Å². The molecule has 0 aliphatic heterocycles. The molecular weight excluding hydrogens is 566 g/mol. The van der Waals surface area contributed by atoms with Gasteiger partial charge in [0, 0.05) is 21.0 Å². The molecule has 37 heavy (non-hydrogen) atoms. The van der Waals surface area contributed by atoms with Crippen molar-refractivity contribution < 1.29 is 9.53 Å². The van der Waals surface area contributed by atoms with Crippen LogP contribution < -0.4 is 10.2 Å². The number of amides is 1. The van der Waals surface area contributed by atoms with Gasteiger partial charge >= 0.3 is 0 Å². The highest BCUT2D eigenvalue weighted by Crippen LogP contribution is 2.28. The number of rotatable bonds is 9. The Morgan fingerprint density at radius 3 is 2.59 bits per heavy atom. The SMILES string of the molecule is CC(C)(C)c1ccc(COc2ccc(Br)cc2/C=N/NC(=O)CSc2nc(-c3ccccc3)cs2)cc1. The Morgan fingerprint density at radius 1 is 1.11 bits per heavy atom. The number of hydrogen-bond donors (Lipinski definition) is 1. The van der Waals surface area contributed by atoms with Crippen LogP contribution in [-0.4, -0.2) is 22.9 Å². The molecule has 1 aromatic heterocycles. The first-order chi connectivity index (χ1) is 17.8. The van der Waals surface area contributed by atoms with E-state index in [-0.39, 0.29) is 17.1 Å². The molecule has 1 amide bonds. The summed E-state index contributed by atoms with van der Waals surface area (Å²) < 4.78 is 7.81. The Balaban J connectivity index is 1.30. The van der Waals surface area contributed by atoms with Crippen LogP contribution in [0.3, 0.4) is 0 Å². The number of aromatic nitrogens is 1. The van der Waals surface area contributed by atoms with Crippen LogP contribution in [0.5, 0.6) is 5.75 Å². The van der Waals surface area contributed by atoms with E-state index in [1.807, 2.05) is 53.9 Å². The summed E-state index contributed by atoms with van der Waals surface area (Å²) in [5.41, 5.74) is 7.82. The van der Waals surface area contributed by atoms with Crippen molar-refractivity contribution in [1.82, 2.24) is 10.4 Å². The number of carbonyl (C=O) groups is 1. The first-order valence-corrected chi connectivity index (χ1v) is 14.4. The summed E-state index contributed by atoms with van der Waals surface area (Å²) in [6.45, 7) is 7.04. The predicted molar refractivity (Wildman–Crippen MR) is 158 cm³/mol. The topological polar surface area (TPSA) is 63.6 Å². The number of hydrogen-bond acceptors (Lipinski definition) is 6. The van der Waals surface area contributed by atoms with E-state index in [4.69, 9.17) is 4.74 Å². The lowest BCUT2D eigenvalue weighted by Gasteiger charge is -2.19. The second-order valence-corrected chi connectivity index (χ2v) is 12.4. The van der Waals surface area contributed by atoms with E-state index < -0.39 is 0 Å². The van der Waals surface area contributed by atoms with Gasteiger partial charge in [0.05, 0.1) is 17.7 Å². The van der Waals surface area contributed by atoms with Crippen LogP contribution in [-0.2, 0) is 16.8 Å². The van der Waals surface area contributed by atoms with Gasteiger partial charge in [-0.3, -0.25) is 4.79 Å². The molecule has 0 spiro atoms. The summed E-state index contributed by atoms with van der Waals surface area (Å²) in [6.07, 6.45) is 1.60. The highest BCUT2D eigenvalue weighted by atomic mass is 79.9. The monoisotopic (exact) mass is 593 g/mol. The molecule has 0 aliphatic rings. The summed E-state index contributed by atoms with van der Waals surface area (Å²) in [5.74, 6) is 0.715. The molecule has 4 rings (SSSR count). The Morgan fingerprint density at radius 2 is 1.86 bits per heavy atom. The quantitative estimate of drug-likeness (QED) is 0.123. The molecule has 0 radical (unpaired) electrons. The summed E-state index contributed by atoms with van der Waals surface area (Å²) in [5, 5.41) is 6.15. The molecular formula is C29H28BrN3O2S2. The lowest BCUT2D eigenvalue weighted by Crippen LogP contribution is -2.19. The zero-order valence-electron chi connectivity index (χ0n) is 20.9. The van der Waals surface area contributed by atoms with Gasteiger partial charge in [-0.05, 0) is 34.7 Å². The largest absolute Gasteiger partial charge is 0.488 e. The fraction of sp³-hybridized carbons (Fsp3) is 0.207. The van der Waals surface area contributed by atoms with Crippen molar-refractivity contribution in [2.24, 2.45) is 5.10 Å². The molecule has 4 aromatic rings. The van der Waals surface area contributed by atoms with Crippen LogP contribution in [0.2, 0.25) is 0 Å². The van der Waals surface area contributed by atoms with Crippen LogP contribution >= 0.6 is 39.0 Å². The Kier molecular flexibility index (Phi) is 9.18. The van der Waals surface area contributed by atoms with E-state index in [1.165, 1.54) is 28.7 Å². The van der Waals surface area contributed by atoms with Gasteiger partial charge in [0.2, 0.25) is 0 Å². The zero-order valence-corrected chi connectivity index (χ0v) is 24.1. The lowest BCUT2D eigenvalue weighted by atomic mass is 9.87. The van der Waals surface area contributed by atoms with Crippen LogP contribution in [0.4, 0.5) is 0 Å². The molecule has 3 aromatic carbocycles. The van der Waals surface area contributed by atoms with Gasteiger partial charge in [-0.2, -0.15) is 5.10 Å². The minimum Gasteiger partial charge on any atom is -0.488 e. The second kappa shape index (κ2) is 12.5. The van der Waals surface area contributed by atoms with E-state index in [0.29, 0.717) is 12.4 Å². The van der Waals surface area contributed by atoms with E-state index >= 15 is 0 Å². The van der Waals surface area contributed by atoms with Crippen molar-refractivity contribution >= 4 is 51.2 Å². The average molecular weight is 595 g/mol. The third-order valence-electron chi connectivity index (χ3n) is 5.46. The molecule has 0 bridgehead atoms. The summed E-state index contributed by atoms with van der Waals surface area (Å²) in [6, 6.07) is 24.2. The van der Waals surface area contributed by atoms with Gasteiger partial charge in [0.1, 0.15) is 12.4 Å². The highest BCUT2D eigenvalue weighted by molar-refractivity contribution is 9.10. The van der Waals surface area contributed by atoms with E-state index in [0.717, 1.165) is 31.2 Å². The van der Waals surface area contributed by atoms with Crippen molar-refractivity contribution in [3.63, 3.8) is 0 Å². The Hall–Kier alpha value is -2.94. The molecule has 0 aliphatic carbocycles. The Labute approximate surface area is 234 Å². The number of thiazole rings is 1. The Bertz CT molecular complexity index is 1360. The van der Waals surface area contributed by atoms with Gasteiger partial charge in [0.15, 0.2) is 4.34 Å². The smallest absolute Gasteiger partial charge is 0.250 e. The number of ether oxygens (including phenoxy) is 1. The molecule has 0 saturated carbocycles. The standard InChI is InChI=1S/C29H28BrN3O2S2/c1-29(2,3)23-11-9-20(10-12-23)17-35-26-14-13-24(30)15-22(26)16-31-33-27(34)19-37-28-32-25(18-36-28)21-7-5-4-6-8-21/h4-16,18H,17,19H2,1-3H3,(H,33,34)/b31-16+. The van der Waals surface area contributed by atoms with Crippen molar-refractivity contribution in [2.75, 3.05) is 5.75 Å². The van der Waals surface area contributed by atoms with Crippen molar-refractivity contribution in [3.8, 4) is 17.0 Å². The number of thioether (sulfide) groups is 1. The van der Waals surface area contributed by atoms with Crippen LogP contribution in [0.15, 0.2) is 92.1 Å². The van der Waals surface area contributed by atoms with Gasteiger partial charge in [-0.15, -0.1) is 11.3 Å².